The summed E-state index contributed by atoms with van der Waals surface area (Å²) in [7, 11) is 0. The second kappa shape index (κ2) is 3.85. The predicted octanol–water partition coefficient (Wildman–Crippen LogP) is 4.68. The summed E-state index contributed by atoms with van der Waals surface area (Å²) in [6, 6.07) is 2.47. The van der Waals surface area contributed by atoms with Gasteiger partial charge in [-0.2, -0.15) is 0 Å². The lowest BCUT2D eigenvalue weighted by atomic mass is 10.3. The molecule has 0 aliphatic rings. The van der Waals surface area contributed by atoms with E-state index in [1.807, 2.05) is 0 Å². The van der Waals surface area contributed by atoms with Crippen molar-refractivity contribution >= 4 is 63.7 Å². The number of hydrogen-bond donors (Lipinski definition) is 0. The second-order valence-electron chi connectivity index (χ2n) is 1.69. The molecule has 0 spiro atoms. The lowest BCUT2D eigenvalue weighted by molar-refractivity contribution is 0.616. The van der Waals surface area contributed by atoms with Gasteiger partial charge >= 0.3 is 0 Å². The normalized spacial score (nSPS) is 10.3. The van der Waals surface area contributed by atoms with Crippen LogP contribution in [0.5, 0.6) is 0 Å². The average Bonchev–Trinajstić information content (AvgIpc) is 1.97. The Morgan fingerprint density at radius 3 is 2.00 bits per heavy atom. The largest absolute Gasteiger partial charge is 0.205 e. The fourth-order valence-corrected chi connectivity index (χ4v) is 2.37. The first-order chi connectivity index (χ1) is 5.04. The summed E-state index contributed by atoms with van der Waals surface area (Å²) in [6.07, 6.45) is 0. The van der Waals surface area contributed by atoms with Crippen LogP contribution in [0.1, 0.15) is 0 Å². The third kappa shape index (κ3) is 2.05. The monoisotopic (exact) mass is 407 g/mol. The van der Waals surface area contributed by atoms with Gasteiger partial charge in [-0.15, -0.1) is 0 Å². The molecule has 11 heavy (non-hydrogen) atoms. The number of rotatable bonds is 0. The first kappa shape index (κ1) is 10.2. The summed E-state index contributed by atoms with van der Waals surface area (Å²) >= 11 is 12.6. The molecule has 0 unspecified atom stereocenters. The molecule has 0 atom stereocenters. The third-order valence-electron chi connectivity index (χ3n) is 0.990. The molecular formula is C6Br4F. The van der Waals surface area contributed by atoms with Crippen LogP contribution >= 0.6 is 63.7 Å². The van der Waals surface area contributed by atoms with Crippen molar-refractivity contribution in [2.24, 2.45) is 0 Å². The Labute approximate surface area is 97.1 Å². The maximum Gasteiger partial charge on any atom is 0.147 e. The molecule has 1 aromatic rings. The first-order valence-corrected chi connectivity index (χ1v) is 5.62. The molecule has 0 heterocycles. The molecule has 1 rings (SSSR count). The van der Waals surface area contributed by atoms with Crippen molar-refractivity contribution in [3.8, 4) is 0 Å². The van der Waals surface area contributed by atoms with E-state index in [0.29, 0.717) is 13.4 Å². The molecule has 0 amide bonds. The van der Waals surface area contributed by atoms with E-state index in [0.717, 1.165) is 4.47 Å². The smallest absolute Gasteiger partial charge is 0.147 e. The number of hydrogen-bond acceptors (Lipinski definition) is 0. The van der Waals surface area contributed by atoms with Crippen LogP contribution in [0.25, 0.3) is 0 Å². The minimum Gasteiger partial charge on any atom is -0.205 e. The SMILES string of the molecule is Fc1[c]c(Br)c(Br)c(Br)c1Br. The van der Waals surface area contributed by atoms with Crippen LogP contribution in [0.4, 0.5) is 4.39 Å². The van der Waals surface area contributed by atoms with Crippen molar-refractivity contribution < 1.29 is 4.39 Å². The molecule has 1 radical (unpaired) electrons. The van der Waals surface area contributed by atoms with Gasteiger partial charge in [-0.05, 0) is 63.7 Å². The minimum absolute atomic E-state index is 0.368. The van der Waals surface area contributed by atoms with Crippen molar-refractivity contribution in [2.45, 2.75) is 0 Å². The zero-order chi connectivity index (χ0) is 8.59. The second-order valence-corrected chi connectivity index (χ2v) is 4.87. The van der Waals surface area contributed by atoms with Crippen LogP contribution < -0.4 is 0 Å². The van der Waals surface area contributed by atoms with Crippen molar-refractivity contribution in [3.05, 3.63) is 29.8 Å². The van der Waals surface area contributed by atoms with Crippen LogP contribution in [0, 0.1) is 11.9 Å². The van der Waals surface area contributed by atoms with Crippen molar-refractivity contribution in [1.82, 2.24) is 0 Å². The molecule has 0 saturated carbocycles. The predicted molar refractivity (Wildman–Crippen MR) is 56.0 cm³/mol. The maximum atomic E-state index is 12.8. The van der Waals surface area contributed by atoms with Gasteiger partial charge < -0.3 is 0 Å². The van der Waals surface area contributed by atoms with Crippen molar-refractivity contribution in [1.29, 1.82) is 0 Å². The molecule has 0 bridgehead atoms. The van der Waals surface area contributed by atoms with E-state index in [2.05, 4.69) is 69.8 Å². The van der Waals surface area contributed by atoms with Gasteiger partial charge in [0.15, 0.2) is 0 Å². The molecule has 0 aliphatic heterocycles. The maximum absolute atomic E-state index is 12.8. The molecule has 5 heteroatoms. The van der Waals surface area contributed by atoms with Gasteiger partial charge in [0.05, 0.1) is 8.95 Å². The Morgan fingerprint density at radius 2 is 1.45 bits per heavy atom. The Morgan fingerprint density at radius 1 is 0.909 bits per heavy atom. The molecule has 0 saturated heterocycles. The highest BCUT2D eigenvalue weighted by molar-refractivity contribution is 9.15. The van der Waals surface area contributed by atoms with E-state index in [1.165, 1.54) is 0 Å². The van der Waals surface area contributed by atoms with E-state index < -0.39 is 5.82 Å². The van der Waals surface area contributed by atoms with Crippen molar-refractivity contribution in [2.75, 3.05) is 0 Å². The van der Waals surface area contributed by atoms with E-state index in [9.17, 15) is 4.39 Å². The average molecular weight is 411 g/mol. The van der Waals surface area contributed by atoms with Gasteiger partial charge in [0.1, 0.15) is 5.82 Å². The summed E-state index contributed by atoms with van der Waals surface area (Å²) in [5, 5.41) is 0. The lowest BCUT2D eigenvalue weighted by Gasteiger charge is -2.02. The van der Waals surface area contributed by atoms with Crippen LogP contribution in [0.15, 0.2) is 17.9 Å². The Hall–Kier alpha value is 1.07. The van der Waals surface area contributed by atoms with Gasteiger partial charge in [0.25, 0.3) is 0 Å². The Bertz CT molecular complexity index is 271. The van der Waals surface area contributed by atoms with Gasteiger partial charge in [-0.1, -0.05) is 0 Å². The third-order valence-corrected chi connectivity index (χ3v) is 5.51. The molecule has 0 N–H and O–H groups in total. The van der Waals surface area contributed by atoms with E-state index >= 15 is 0 Å². The van der Waals surface area contributed by atoms with Crippen molar-refractivity contribution in [3.63, 3.8) is 0 Å². The number of halogens is 5. The minimum atomic E-state index is -0.424. The van der Waals surface area contributed by atoms with E-state index in [1.54, 1.807) is 0 Å². The van der Waals surface area contributed by atoms with Crippen LogP contribution in [-0.2, 0) is 0 Å². The van der Waals surface area contributed by atoms with Gasteiger partial charge in [-0.3, -0.25) is 0 Å². The molecular weight excluding hydrogens is 411 g/mol. The summed E-state index contributed by atoms with van der Waals surface area (Å²) < 4.78 is 15.1. The fourth-order valence-electron chi connectivity index (χ4n) is 0.495. The molecule has 0 aliphatic carbocycles. The summed E-state index contributed by atoms with van der Waals surface area (Å²) in [4.78, 5) is 0. The van der Waals surface area contributed by atoms with Crippen LogP contribution in [-0.4, -0.2) is 0 Å². The zero-order valence-electron chi connectivity index (χ0n) is 4.89. The molecule has 0 nitrogen and oxygen atoms in total. The highest BCUT2D eigenvalue weighted by atomic mass is 79.9. The standard InChI is InChI=1S/C6Br4F/c7-2-1-3(11)5(9)6(10)4(2)8. The van der Waals surface area contributed by atoms with Gasteiger partial charge in [0, 0.05) is 15.0 Å². The summed E-state index contributed by atoms with van der Waals surface area (Å²) in [5.41, 5.74) is 0. The summed E-state index contributed by atoms with van der Waals surface area (Å²) in [6.45, 7) is 0. The molecule has 59 valence electrons. The van der Waals surface area contributed by atoms with E-state index in [4.69, 9.17) is 0 Å². The van der Waals surface area contributed by atoms with Crippen LogP contribution in [0.2, 0.25) is 0 Å². The topological polar surface area (TPSA) is 0 Å². The van der Waals surface area contributed by atoms with Gasteiger partial charge in [0.2, 0.25) is 0 Å². The molecule has 1 aromatic carbocycles. The first-order valence-electron chi connectivity index (χ1n) is 2.44. The van der Waals surface area contributed by atoms with Crippen LogP contribution in [0.3, 0.4) is 0 Å². The Balaban J connectivity index is 3.46. The highest BCUT2D eigenvalue weighted by Crippen LogP contribution is 2.37. The summed E-state index contributed by atoms with van der Waals surface area (Å²) in [5.74, 6) is -0.424. The zero-order valence-corrected chi connectivity index (χ0v) is 11.2. The van der Waals surface area contributed by atoms with E-state index in [-0.39, 0.29) is 0 Å². The quantitative estimate of drug-likeness (QED) is 0.430. The lowest BCUT2D eigenvalue weighted by Crippen LogP contribution is -1.82. The van der Waals surface area contributed by atoms with Gasteiger partial charge in [-0.25, -0.2) is 4.39 Å². The Kier molecular flexibility index (Phi) is 3.56. The highest BCUT2D eigenvalue weighted by Gasteiger charge is 2.11. The molecule has 0 aromatic heterocycles. The fraction of sp³-hybridized carbons (Fsp3) is 0. The molecule has 0 fully saturated rings. The number of benzene rings is 1.